The van der Waals surface area contributed by atoms with Crippen LogP contribution in [0.5, 0.6) is 0 Å². The number of hydrogen-bond donors (Lipinski definition) is 4. The van der Waals surface area contributed by atoms with E-state index in [1.54, 1.807) is 0 Å². The van der Waals surface area contributed by atoms with Gasteiger partial charge in [0.25, 0.3) is 0 Å². The Labute approximate surface area is 153 Å². The van der Waals surface area contributed by atoms with E-state index in [0.29, 0.717) is 24.9 Å². The summed E-state index contributed by atoms with van der Waals surface area (Å²) in [6, 6.07) is 3.87. The van der Waals surface area contributed by atoms with Gasteiger partial charge in [0.05, 0.1) is 11.1 Å². The quantitative estimate of drug-likeness (QED) is 0.555. The lowest BCUT2D eigenvalue weighted by Crippen LogP contribution is -2.44. The minimum absolute atomic E-state index is 0.0198. The molecule has 0 bridgehead atoms. The van der Waals surface area contributed by atoms with Gasteiger partial charge in [0.15, 0.2) is 0 Å². The van der Waals surface area contributed by atoms with Gasteiger partial charge in [-0.3, -0.25) is 0 Å². The molecule has 3 aromatic rings. The Bertz CT molecular complexity index is 938. The van der Waals surface area contributed by atoms with E-state index in [0.717, 1.165) is 34.6 Å². The molecule has 1 saturated heterocycles. The first-order valence-electron chi connectivity index (χ1n) is 8.38. The largest absolute Gasteiger partial charge is 0.465 e. The summed E-state index contributed by atoms with van der Waals surface area (Å²) in [7, 11) is 0. The highest BCUT2D eigenvalue weighted by Crippen LogP contribution is 2.26. The van der Waals surface area contributed by atoms with Crippen LogP contribution in [0, 0.1) is 6.92 Å². The molecule has 0 saturated carbocycles. The summed E-state index contributed by atoms with van der Waals surface area (Å²) < 4.78 is 4.25. The molecule has 26 heavy (non-hydrogen) atoms. The predicted molar refractivity (Wildman–Crippen MR) is 100 cm³/mol. The maximum atomic E-state index is 11.2. The smallest absolute Gasteiger partial charge is 0.407 e. The highest BCUT2D eigenvalue weighted by molar-refractivity contribution is 7.10. The number of nitrogens with zero attached hydrogens (tertiary/aromatic N) is 4. The highest BCUT2D eigenvalue weighted by atomic mass is 32.1. The van der Waals surface area contributed by atoms with Crippen molar-refractivity contribution < 1.29 is 9.90 Å². The summed E-state index contributed by atoms with van der Waals surface area (Å²) in [5.74, 6) is 1.16. The SMILES string of the molecule is Cc1cc(Nc2nc(N[C@@H]3CCCN(C(=O)O)C3)c3cc[nH]c3n2)sn1. The summed E-state index contributed by atoms with van der Waals surface area (Å²) >= 11 is 1.35. The summed E-state index contributed by atoms with van der Waals surface area (Å²) in [6.45, 7) is 2.96. The number of aromatic nitrogens is 4. The third-order valence-electron chi connectivity index (χ3n) is 4.31. The van der Waals surface area contributed by atoms with E-state index in [4.69, 9.17) is 0 Å². The number of piperidine rings is 1. The number of anilines is 3. The molecule has 1 aliphatic heterocycles. The number of aromatic amines is 1. The average Bonchev–Trinajstić information content (AvgIpc) is 3.24. The van der Waals surface area contributed by atoms with Crippen LogP contribution >= 0.6 is 11.5 Å². The van der Waals surface area contributed by atoms with Gasteiger partial charge < -0.3 is 25.6 Å². The Morgan fingerprint density at radius 2 is 2.35 bits per heavy atom. The van der Waals surface area contributed by atoms with Crippen LogP contribution in [0.25, 0.3) is 11.0 Å². The second-order valence-electron chi connectivity index (χ2n) is 6.31. The Morgan fingerprint density at radius 3 is 3.12 bits per heavy atom. The molecule has 0 aromatic carbocycles. The number of hydrogen-bond acceptors (Lipinski definition) is 7. The van der Waals surface area contributed by atoms with Gasteiger partial charge in [-0.25, -0.2) is 4.79 Å². The molecule has 1 atom stereocenters. The Morgan fingerprint density at radius 1 is 1.46 bits per heavy atom. The Hall–Kier alpha value is -2.88. The van der Waals surface area contributed by atoms with E-state index in [-0.39, 0.29) is 6.04 Å². The molecule has 4 heterocycles. The van der Waals surface area contributed by atoms with Gasteiger partial charge in [-0.2, -0.15) is 14.3 Å². The molecule has 10 heteroatoms. The minimum Gasteiger partial charge on any atom is -0.465 e. The molecule has 0 aliphatic carbocycles. The number of likely N-dealkylation sites (tertiary alicyclic amines) is 1. The summed E-state index contributed by atoms with van der Waals surface area (Å²) in [6.07, 6.45) is 2.66. The first kappa shape index (κ1) is 16.6. The number of H-pyrrole nitrogens is 1. The first-order chi connectivity index (χ1) is 12.6. The molecule has 9 nitrogen and oxygen atoms in total. The number of rotatable bonds is 4. The van der Waals surface area contributed by atoms with E-state index in [2.05, 4.69) is 30.0 Å². The molecule has 1 amide bonds. The zero-order valence-electron chi connectivity index (χ0n) is 14.2. The maximum Gasteiger partial charge on any atom is 0.407 e. The zero-order valence-corrected chi connectivity index (χ0v) is 15.0. The summed E-state index contributed by atoms with van der Waals surface area (Å²) in [4.78, 5) is 24.9. The Balaban J connectivity index is 1.59. The van der Waals surface area contributed by atoms with Crippen molar-refractivity contribution >= 4 is 45.4 Å². The number of aryl methyl sites for hydroxylation is 1. The third kappa shape index (κ3) is 3.40. The van der Waals surface area contributed by atoms with E-state index < -0.39 is 6.09 Å². The van der Waals surface area contributed by atoms with E-state index in [1.165, 1.54) is 16.4 Å². The predicted octanol–water partition coefficient (Wildman–Crippen LogP) is 3.02. The van der Waals surface area contributed by atoms with Gasteiger partial charge in [0.1, 0.15) is 16.5 Å². The van der Waals surface area contributed by atoms with Crippen LogP contribution in [-0.2, 0) is 0 Å². The topological polar surface area (TPSA) is 119 Å². The van der Waals surface area contributed by atoms with E-state index >= 15 is 0 Å². The number of nitrogens with one attached hydrogen (secondary N) is 3. The van der Waals surface area contributed by atoms with Crippen LogP contribution in [0.3, 0.4) is 0 Å². The normalized spacial score (nSPS) is 17.4. The molecule has 3 aromatic heterocycles. The van der Waals surface area contributed by atoms with Crippen LogP contribution in [-0.4, -0.2) is 54.6 Å². The lowest BCUT2D eigenvalue weighted by atomic mass is 10.1. The number of carboxylic acid groups (broad SMARTS) is 1. The molecule has 0 unspecified atom stereocenters. The summed E-state index contributed by atoms with van der Waals surface area (Å²) in [5.41, 5.74) is 1.66. The van der Waals surface area contributed by atoms with Crippen molar-refractivity contribution in [1.82, 2.24) is 24.2 Å². The Kier molecular flexibility index (Phi) is 4.33. The van der Waals surface area contributed by atoms with Gasteiger partial charge in [-0.05, 0) is 43.4 Å². The molecular formula is C16H19N7O2S. The van der Waals surface area contributed by atoms with Crippen LogP contribution in [0.15, 0.2) is 18.3 Å². The molecule has 1 aliphatic rings. The van der Waals surface area contributed by atoms with Gasteiger partial charge in [0, 0.05) is 25.3 Å². The van der Waals surface area contributed by atoms with Crippen molar-refractivity contribution in [3.8, 4) is 0 Å². The standard InChI is InChI=1S/C16H19N7O2S/c1-9-7-12(26-22-9)19-15-20-13-11(4-5-17-13)14(21-15)18-10-3-2-6-23(8-10)16(24)25/h4-5,7,10H,2-3,6,8H2,1H3,(H,24,25)(H3,17,18,19,20,21)/t10-/m1/s1. The second kappa shape index (κ2) is 6.79. The highest BCUT2D eigenvalue weighted by Gasteiger charge is 2.24. The minimum atomic E-state index is -0.881. The molecule has 4 rings (SSSR count). The molecule has 0 spiro atoms. The maximum absolute atomic E-state index is 11.2. The van der Waals surface area contributed by atoms with Crippen LogP contribution < -0.4 is 10.6 Å². The first-order valence-corrected chi connectivity index (χ1v) is 9.16. The molecular weight excluding hydrogens is 354 g/mol. The van der Waals surface area contributed by atoms with Gasteiger partial charge >= 0.3 is 6.09 Å². The third-order valence-corrected chi connectivity index (χ3v) is 5.11. The fourth-order valence-corrected chi connectivity index (χ4v) is 3.76. The van der Waals surface area contributed by atoms with Crippen molar-refractivity contribution in [2.24, 2.45) is 0 Å². The lowest BCUT2D eigenvalue weighted by molar-refractivity contribution is 0.133. The number of fused-ring (bicyclic) bond motifs is 1. The monoisotopic (exact) mass is 373 g/mol. The molecule has 4 N–H and O–H groups in total. The molecule has 1 fully saturated rings. The van der Waals surface area contributed by atoms with Crippen LogP contribution in [0.1, 0.15) is 18.5 Å². The fraction of sp³-hybridized carbons (Fsp3) is 0.375. The number of amides is 1. The van der Waals surface area contributed by atoms with Crippen molar-refractivity contribution in [3.63, 3.8) is 0 Å². The number of carbonyl (C=O) groups is 1. The van der Waals surface area contributed by atoms with Crippen molar-refractivity contribution in [1.29, 1.82) is 0 Å². The van der Waals surface area contributed by atoms with Crippen LogP contribution in [0.2, 0.25) is 0 Å². The van der Waals surface area contributed by atoms with E-state index in [9.17, 15) is 9.90 Å². The van der Waals surface area contributed by atoms with Gasteiger partial charge in [-0.15, -0.1) is 0 Å². The van der Waals surface area contributed by atoms with E-state index in [1.807, 2.05) is 25.3 Å². The van der Waals surface area contributed by atoms with Crippen molar-refractivity contribution in [2.75, 3.05) is 23.7 Å². The zero-order chi connectivity index (χ0) is 18.1. The van der Waals surface area contributed by atoms with Crippen molar-refractivity contribution in [3.05, 3.63) is 24.0 Å². The molecule has 136 valence electrons. The lowest BCUT2D eigenvalue weighted by Gasteiger charge is -2.31. The van der Waals surface area contributed by atoms with Crippen LogP contribution in [0.4, 0.5) is 21.6 Å². The fourth-order valence-electron chi connectivity index (χ4n) is 3.10. The molecule has 0 radical (unpaired) electrons. The van der Waals surface area contributed by atoms with Gasteiger partial charge in [0.2, 0.25) is 5.95 Å². The second-order valence-corrected chi connectivity index (χ2v) is 7.11. The summed E-state index contributed by atoms with van der Waals surface area (Å²) in [5, 5.41) is 17.5. The average molecular weight is 373 g/mol. The van der Waals surface area contributed by atoms with Crippen molar-refractivity contribution in [2.45, 2.75) is 25.8 Å². The van der Waals surface area contributed by atoms with Gasteiger partial charge in [-0.1, -0.05) is 0 Å².